The molecule has 0 unspecified atom stereocenters. The first kappa shape index (κ1) is 13.2. The van der Waals surface area contributed by atoms with Gasteiger partial charge in [0.1, 0.15) is 0 Å². The van der Waals surface area contributed by atoms with Gasteiger partial charge in [-0.3, -0.25) is 0 Å². The van der Waals surface area contributed by atoms with Crippen LogP contribution in [0, 0.1) is 11.8 Å². The van der Waals surface area contributed by atoms with Gasteiger partial charge in [-0.15, -0.1) is 0 Å². The zero-order valence-corrected chi connectivity index (χ0v) is 15.3. The van der Waals surface area contributed by atoms with E-state index >= 15 is 0 Å². The second kappa shape index (κ2) is 5.00. The maximum atomic E-state index is 11.4. The summed E-state index contributed by atoms with van der Waals surface area (Å²) in [4.78, 5) is 22.1. The van der Waals surface area contributed by atoms with Gasteiger partial charge in [-0.2, -0.15) is 0 Å². The first-order valence-corrected chi connectivity index (χ1v) is 14.3. The van der Waals surface area contributed by atoms with Crippen molar-refractivity contribution in [3.05, 3.63) is 0 Å². The molecule has 0 saturated heterocycles. The van der Waals surface area contributed by atoms with Crippen LogP contribution < -0.4 is 0 Å². The van der Waals surface area contributed by atoms with E-state index in [2.05, 4.69) is 0 Å². The SMILES string of the molecule is COC(=O)[C@@H]1[C@@H](C)[C@@]1(COC(C)=O)[Hg][Cl]. The summed E-state index contributed by atoms with van der Waals surface area (Å²) in [6.07, 6.45) is 0. The van der Waals surface area contributed by atoms with Crippen molar-refractivity contribution in [1.82, 2.24) is 0 Å². The van der Waals surface area contributed by atoms with E-state index in [1.165, 1.54) is 14.0 Å². The first-order valence-electron chi connectivity index (χ1n) is 4.76. The zero-order chi connectivity index (χ0) is 11.6. The molecule has 1 rings (SSSR count). The fourth-order valence-corrected chi connectivity index (χ4v) is 11.0. The van der Waals surface area contributed by atoms with E-state index < -0.39 is 23.3 Å². The first-order chi connectivity index (χ1) is 6.99. The number of carbonyl (C=O) groups excluding carboxylic acids is 2. The summed E-state index contributed by atoms with van der Waals surface area (Å²) in [6, 6.07) is 0. The minimum absolute atomic E-state index is 0.152. The van der Waals surface area contributed by atoms with Crippen LogP contribution in [0.4, 0.5) is 0 Å². The Morgan fingerprint density at radius 1 is 1.53 bits per heavy atom. The molecular formula is C9H13ClHgO4. The van der Waals surface area contributed by atoms with Gasteiger partial charge in [0.05, 0.1) is 0 Å². The third kappa shape index (κ3) is 2.46. The van der Waals surface area contributed by atoms with E-state index in [4.69, 9.17) is 17.7 Å². The Balaban J connectivity index is 2.64. The topological polar surface area (TPSA) is 52.6 Å². The molecule has 0 radical (unpaired) electrons. The van der Waals surface area contributed by atoms with Crippen molar-refractivity contribution < 1.29 is 42.4 Å². The Bertz CT molecular complexity index is 283. The molecule has 4 nitrogen and oxygen atoms in total. The molecule has 1 fully saturated rings. The van der Waals surface area contributed by atoms with E-state index in [9.17, 15) is 9.59 Å². The second-order valence-corrected chi connectivity index (χ2v) is 12.4. The van der Waals surface area contributed by atoms with Gasteiger partial charge in [0, 0.05) is 0 Å². The number of hydrogen-bond acceptors (Lipinski definition) is 4. The Morgan fingerprint density at radius 2 is 2.13 bits per heavy atom. The molecule has 0 heterocycles. The minimum atomic E-state index is -1.68. The van der Waals surface area contributed by atoms with Crippen molar-refractivity contribution in [3.8, 4) is 0 Å². The maximum absolute atomic E-state index is 11.4. The molecule has 1 aliphatic rings. The quantitative estimate of drug-likeness (QED) is 0.509. The molecule has 3 atom stereocenters. The molecular weight excluding hydrogens is 408 g/mol. The van der Waals surface area contributed by atoms with Crippen molar-refractivity contribution in [2.45, 2.75) is 16.8 Å². The molecule has 0 aliphatic heterocycles. The molecule has 1 aliphatic carbocycles. The van der Waals surface area contributed by atoms with Gasteiger partial charge in [0.25, 0.3) is 0 Å². The average molecular weight is 421 g/mol. The van der Waals surface area contributed by atoms with Crippen LogP contribution in [0.3, 0.4) is 0 Å². The van der Waals surface area contributed by atoms with Crippen LogP contribution in [-0.2, 0) is 42.4 Å². The van der Waals surface area contributed by atoms with E-state index in [0.717, 1.165) is 0 Å². The van der Waals surface area contributed by atoms with Crippen molar-refractivity contribution >= 4 is 20.2 Å². The van der Waals surface area contributed by atoms with E-state index in [-0.39, 0.29) is 33.3 Å². The molecule has 0 aromatic heterocycles. The van der Waals surface area contributed by atoms with Crippen LogP contribution in [0.15, 0.2) is 0 Å². The summed E-state index contributed by atoms with van der Waals surface area (Å²) in [7, 11) is 7.42. The van der Waals surface area contributed by atoms with Gasteiger partial charge < -0.3 is 0 Å². The third-order valence-corrected chi connectivity index (χ3v) is 14.5. The van der Waals surface area contributed by atoms with Gasteiger partial charge >= 0.3 is 105 Å². The van der Waals surface area contributed by atoms with Crippen molar-refractivity contribution in [2.75, 3.05) is 13.7 Å². The van der Waals surface area contributed by atoms with E-state index in [1.807, 2.05) is 6.92 Å². The Kier molecular flexibility index (Phi) is 4.41. The molecule has 6 heteroatoms. The zero-order valence-electron chi connectivity index (χ0n) is 9.08. The molecule has 82 valence electrons. The van der Waals surface area contributed by atoms with Crippen LogP contribution >= 0.6 is 8.25 Å². The van der Waals surface area contributed by atoms with Gasteiger partial charge in [-0.25, -0.2) is 0 Å². The van der Waals surface area contributed by atoms with Crippen molar-refractivity contribution in [2.24, 2.45) is 11.8 Å². The molecule has 0 aromatic rings. The molecule has 15 heavy (non-hydrogen) atoms. The van der Waals surface area contributed by atoms with E-state index in [0.29, 0.717) is 0 Å². The number of methoxy groups -OCH3 is 1. The van der Waals surface area contributed by atoms with Gasteiger partial charge in [0.2, 0.25) is 0 Å². The summed E-state index contributed by atoms with van der Waals surface area (Å²) in [5.74, 6) is -0.504. The predicted octanol–water partition coefficient (Wildman–Crippen LogP) is 1.38. The van der Waals surface area contributed by atoms with Crippen LogP contribution in [0.5, 0.6) is 0 Å². The number of ether oxygens (including phenoxy) is 2. The average Bonchev–Trinajstić information content (AvgIpc) is 2.80. The fraction of sp³-hybridized carbons (Fsp3) is 0.778. The number of carbonyl (C=O) groups is 2. The molecule has 0 aromatic carbocycles. The molecule has 0 amide bonds. The Hall–Kier alpha value is 0.165. The van der Waals surface area contributed by atoms with Crippen LogP contribution in [0.2, 0.25) is 2.92 Å². The summed E-state index contributed by atoms with van der Waals surface area (Å²) in [5, 5.41) is 0. The molecule has 0 N–H and O–H groups in total. The fourth-order valence-electron chi connectivity index (χ4n) is 1.97. The van der Waals surface area contributed by atoms with Crippen LogP contribution in [0.25, 0.3) is 0 Å². The summed E-state index contributed by atoms with van der Waals surface area (Å²) >= 11 is -1.68. The molecule has 0 bridgehead atoms. The molecule has 0 spiro atoms. The van der Waals surface area contributed by atoms with Gasteiger partial charge in [0.15, 0.2) is 0 Å². The Labute approximate surface area is 105 Å². The summed E-state index contributed by atoms with van der Waals surface area (Å²) < 4.78 is 9.48. The number of esters is 2. The molecule has 1 saturated carbocycles. The number of rotatable bonds is 4. The van der Waals surface area contributed by atoms with E-state index in [1.54, 1.807) is 0 Å². The van der Waals surface area contributed by atoms with Gasteiger partial charge in [-0.05, 0) is 0 Å². The number of halogens is 1. The van der Waals surface area contributed by atoms with Crippen molar-refractivity contribution in [1.29, 1.82) is 0 Å². The second-order valence-electron chi connectivity index (χ2n) is 3.94. The van der Waals surface area contributed by atoms with Crippen molar-refractivity contribution in [3.63, 3.8) is 0 Å². The third-order valence-electron chi connectivity index (χ3n) is 3.17. The Morgan fingerprint density at radius 3 is 2.53 bits per heavy atom. The number of hydrogen-bond donors (Lipinski definition) is 0. The summed E-state index contributed by atoms with van der Waals surface area (Å²) in [5.41, 5.74) is 0. The monoisotopic (exact) mass is 422 g/mol. The van der Waals surface area contributed by atoms with Crippen LogP contribution in [0.1, 0.15) is 13.8 Å². The summed E-state index contributed by atoms with van der Waals surface area (Å²) in [6.45, 7) is 3.61. The van der Waals surface area contributed by atoms with Gasteiger partial charge in [-0.1, -0.05) is 0 Å². The predicted molar refractivity (Wildman–Crippen MR) is 49.8 cm³/mol. The normalized spacial score (nSPS) is 32.8. The van der Waals surface area contributed by atoms with Crippen LogP contribution in [-0.4, -0.2) is 25.7 Å². The standard InChI is InChI=1S/C9H13O4.ClH.Hg/c1-5-7(4-13-6(2)10)8(5)9(11)12-3;;/h5,8H,4H2,1-3H3;1H;/q;;+1/p-1/t5-,8+;;/m0../s1.